The zero-order valence-electron chi connectivity index (χ0n) is 16.1. The summed E-state index contributed by atoms with van der Waals surface area (Å²) in [6.07, 6.45) is 0. The molecule has 1 atom stereocenters. The normalized spacial score (nSPS) is 18.4. The molecule has 2 aromatic carbocycles. The molecule has 2 aromatic rings. The Balaban J connectivity index is 2.22. The van der Waals surface area contributed by atoms with Gasteiger partial charge in [0.15, 0.2) is 0 Å². The molecule has 1 heterocycles. The van der Waals surface area contributed by atoms with Gasteiger partial charge >= 0.3 is 0 Å². The highest BCUT2D eigenvalue weighted by molar-refractivity contribution is 6.46. The maximum absolute atomic E-state index is 13.1. The second-order valence-corrected chi connectivity index (χ2v) is 7.11. The quantitative estimate of drug-likeness (QED) is 0.243. The minimum absolute atomic E-state index is 0.157. The molecule has 0 spiro atoms. The highest BCUT2D eigenvalue weighted by Crippen LogP contribution is 2.41. The van der Waals surface area contributed by atoms with Gasteiger partial charge in [-0.25, -0.2) is 0 Å². The van der Waals surface area contributed by atoms with Crippen LogP contribution in [0.25, 0.3) is 5.76 Å². The van der Waals surface area contributed by atoms with Gasteiger partial charge in [-0.15, -0.1) is 0 Å². The Morgan fingerprint density at radius 2 is 1.69 bits per heavy atom. The van der Waals surface area contributed by atoms with Gasteiger partial charge in [-0.2, -0.15) is 0 Å². The minimum Gasteiger partial charge on any atom is -0.872 e. The summed E-state index contributed by atoms with van der Waals surface area (Å²) in [6, 6.07) is 12.9. The van der Waals surface area contributed by atoms with E-state index in [1.54, 1.807) is 36.4 Å². The molecule has 150 valence electrons. The number of quaternary nitrogens is 1. The molecule has 1 fully saturated rings. The second-order valence-electron chi connectivity index (χ2n) is 7.11. The number of nitro benzene ring substituents is 1. The molecule has 1 N–H and O–H groups in total. The predicted molar refractivity (Wildman–Crippen MR) is 104 cm³/mol. The Kier molecular flexibility index (Phi) is 5.74. The van der Waals surface area contributed by atoms with Gasteiger partial charge in [0.2, 0.25) is 5.78 Å². The van der Waals surface area contributed by atoms with Crippen molar-refractivity contribution in [3.63, 3.8) is 0 Å². The van der Waals surface area contributed by atoms with Crippen molar-refractivity contribution in [3.05, 3.63) is 81.4 Å². The molecule has 1 unspecified atom stereocenters. The van der Waals surface area contributed by atoms with Gasteiger partial charge in [0.1, 0.15) is 0 Å². The molecule has 0 aliphatic carbocycles. The van der Waals surface area contributed by atoms with E-state index in [1.807, 2.05) is 14.1 Å². The third-order valence-electron chi connectivity index (χ3n) is 4.85. The molecule has 3 rings (SSSR count). The van der Waals surface area contributed by atoms with Crippen molar-refractivity contribution in [2.45, 2.75) is 6.04 Å². The molecule has 8 nitrogen and oxygen atoms in total. The van der Waals surface area contributed by atoms with Gasteiger partial charge in [-0.05, 0) is 11.6 Å². The molecule has 1 saturated heterocycles. The van der Waals surface area contributed by atoms with Crippen LogP contribution in [0.3, 0.4) is 0 Å². The van der Waals surface area contributed by atoms with Gasteiger partial charge in [-0.3, -0.25) is 19.7 Å². The number of nitro groups is 1. The van der Waals surface area contributed by atoms with Crippen LogP contribution >= 0.6 is 0 Å². The summed E-state index contributed by atoms with van der Waals surface area (Å²) in [5.41, 5.74) is -0.0677. The Morgan fingerprint density at radius 1 is 1.07 bits per heavy atom. The van der Waals surface area contributed by atoms with E-state index in [2.05, 4.69) is 0 Å². The third kappa shape index (κ3) is 3.88. The van der Waals surface area contributed by atoms with E-state index < -0.39 is 28.4 Å². The summed E-state index contributed by atoms with van der Waals surface area (Å²) < 4.78 is 0. The summed E-state index contributed by atoms with van der Waals surface area (Å²) in [5, 5.41) is 24.7. The van der Waals surface area contributed by atoms with Crippen molar-refractivity contribution in [1.82, 2.24) is 4.90 Å². The molecule has 0 bridgehead atoms. The number of ketones is 1. The maximum Gasteiger partial charge on any atom is 0.295 e. The Labute approximate surface area is 167 Å². The van der Waals surface area contributed by atoms with Crippen LogP contribution in [0.5, 0.6) is 0 Å². The molecule has 29 heavy (non-hydrogen) atoms. The number of likely N-dealkylation sites (tertiary alicyclic amines) is 1. The molecule has 1 aliphatic rings. The van der Waals surface area contributed by atoms with E-state index in [0.29, 0.717) is 6.54 Å². The number of rotatable bonds is 6. The van der Waals surface area contributed by atoms with Crippen molar-refractivity contribution in [3.8, 4) is 0 Å². The average molecular weight is 395 g/mol. The van der Waals surface area contributed by atoms with Crippen molar-refractivity contribution < 1.29 is 24.5 Å². The molecular formula is C21H21N3O5. The van der Waals surface area contributed by atoms with Crippen molar-refractivity contribution in [2.75, 3.05) is 27.2 Å². The topological polar surface area (TPSA) is 108 Å². The number of hydrogen-bond acceptors (Lipinski definition) is 5. The van der Waals surface area contributed by atoms with Gasteiger partial charge in [0.05, 0.1) is 43.7 Å². The van der Waals surface area contributed by atoms with E-state index in [-0.39, 0.29) is 28.9 Å². The number of carbonyl (C=O) groups is 2. The van der Waals surface area contributed by atoms with E-state index >= 15 is 0 Å². The van der Waals surface area contributed by atoms with Gasteiger partial charge in [-0.1, -0.05) is 48.2 Å². The molecular weight excluding hydrogens is 374 g/mol. The number of likely N-dealkylation sites (N-methyl/N-ethyl adjacent to an activating group) is 1. The summed E-state index contributed by atoms with van der Waals surface area (Å²) >= 11 is 0. The lowest BCUT2D eigenvalue weighted by Gasteiger charge is -2.27. The predicted octanol–water partition coefficient (Wildman–Crippen LogP) is -0.0367. The van der Waals surface area contributed by atoms with Crippen molar-refractivity contribution in [2.24, 2.45) is 0 Å². The number of hydrogen-bond donors (Lipinski definition) is 1. The summed E-state index contributed by atoms with van der Waals surface area (Å²) in [5.74, 6) is -2.31. The first-order valence-corrected chi connectivity index (χ1v) is 9.17. The lowest BCUT2D eigenvalue weighted by Crippen LogP contribution is -3.06. The summed E-state index contributed by atoms with van der Waals surface area (Å²) in [4.78, 5) is 38.9. The Hall–Kier alpha value is -3.52. The highest BCUT2D eigenvalue weighted by Gasteiger charge is 2.46. The van der Waals surface area contributed by atoms with Crippen LogP contribution in [0.4, 0.5) is 5.69 Å². The monoisotopic (exact) mass is 395 g/mol. The SMILES string of the molecule is C[NH+](C)CCN1C(=O)C(=O)/C(=C(/[O-])c2ccccc2)C1c1ccccc1[N+](=O)[O-]. The van der Waals surface area contributed by atoms with Crippen molar-refractivity contribution in [1.29, 1.82) is 0 Å². The van der Waals surface area contributed by atoms with E-state index in [1.165, 1.54) is 23.1 Å². The number of nitrogens with one attached hydrogen (secondary N) is 1. The number of carbonyl (C=O) groups excluding carboxylic acids is 2. The number of benzene rings is 2. The van der Waals surface area contributed by atoms with E-state index in [4.69, 9.17) is 0 Å². The first kappa shape index (κ1) is 20.2. The first-order valence-electron chi connectivity index (χ1n) is 9.17. The minimum atomic E-state index is -1.09. The molecule has 0 aromatic heterocycles. The average Bonchev–Trinajstić information content (AvgIpc) is 2.96. The zero-order chi connectivity index (χ0) is 21.1. The smallest absolute Gasteiger partial charge is 0.295 e. The largest absolute Gasteiger partial charge is 0.872 e. The van der Waals surface area contributed by atoms with Crippen LogP contribution in [0, 0.1) is 10.1 Å². The lowest BCUT2D eigenvalue weighted by atomic mass is 9.94. The van der Waals surface area contributed by atoms with Crippen LogP contribution in [0.15, 0.2) is 60.2 Å². The van der Waals surface area contributed by atoms with E-state index in [9.17, 15) is 24.8 Å². The molecule has 1 amide bonds. The van der Waals surface area contributed by atoms with E-state index in [0.717, 1.165) is 4.90 Å². The van der Waals surface area contributed by atoms with Gasteiger partial charge in [0, 0.05) is 11.6 Å². The number of para-hydroxylation sites is 1. The van der Waals surface area contributed by atoms with Crippen molar-refractivity contribution >= 4 is 23.1 Å². The Morgan fingerprint density at radius 3 is 2.31 bits per heavy atom. The fourth-order valence-corrected chi connectivity index (χ4v) is 3.40. The molecule has 8 heteroatoms. The first-order chi connectivity index (χ1) is 13.8. The molecule has 0 radical (unpaired) electrons. The van der Waals surface area contributed by atoms with Crippen LogP contribution in [-0.4, -0.2) is 48.7 Å². The summed E-state index contributed by atoms with van der Waals surface area (Å²) in [6.45, 7) is 0.706. The number of nitrogens with zero attached hydrogens (tertiary/aromatic N) is 2. The number of amides is 1. The zero-order valence-corrected chi connectivity index (χ0v) is 16.1. The van der Waals surface area contributed by atoms with Gasteiger partial charge in [0.25, 0.3) is 11.6 Å². The second kappa shape index (κ2) is 8.24. The van der Waals surface area contributed by atoms with Crippen LogP contribution < -0.4 is 10.0 Å². The summed E-state index contributed by atoms with van der Waals surface area (Å²) in [7, 11) is 3.78. The molecule has 1 aliphatic heterocycles. The fourth-order valence-electron chi connectivity index (χ4n) is 3.40. The van der Waals surface area contributed by atoms with Crippen LogP contribution in [0.2, 0.25) is 0 Å². The highest BCUT2D eigenvalue weighted by atomic mass is 16.6. The third-order valence-corrected chi connectivity index (χ3v) is 4.85. The number of Topliss-reactive ketones (excluding diaryl/α,β-unsaturated/α-hetero) is 1. The maximum atomic E-state index is 13.1. The van der Waals surface area contributed by atoms with Crippen LogP contribution in [0.1, 0.15) is 17.2 Å². The lowest BCUT2D eigenvalue weighted by molar-refractivity contribution is -0.857. The Bertz CT molecular complexity index is 985. The standard InChI is InChI=1S/C21H21N3O5/c1-22(2)12-13-23-18(15-10-6-7-11-16(15)24(28)29)17(20(26)21(23)27)19(25)14-8-4-3-5-9-14/h3-11,18,25H,12-13H2,1-2H3/b19-17+. The fraction of sp³-hybridized carbons (Fsp3) is 0.238. The van der Waals surface area contributed by atoms with Gasteiger partial charge < -0.3 is 14.9 Å². The van der Waals surface area contributed by atoms with Crippen LogP contribution in [-0.2, 0) is 9.59 Å². The molecule has 0 saturated carbocycles.